The molecule has 1 aromatic rings. The number of aromatic nitrogens is 2. The predicted octanol–water partition coefficient (Wildman–Crippen LogP) is 0.147. The lowest BCUT2D eigenvalue weighted by molar-refractivity contribution is 0.375. The molecule has 0 radical (unpaired) electrons. The number of hydrogen-bond donors (Lipinski definition) is 1. The number of aryl methyl sites for hydroxylation is 1. The minimum atomic E-state index is -0.0829. The molecule has 0 aliphatic carbocycles. The number of hydrogen-bond acceptors (Lipinski definition) is 4. The van der Waals surface area contributed by atoms with Gasteiger partial charge in [0.2, 0.25) is 5.88 Å². The molecule has 2 heterocycles. The highest BCUT2D eigenvalue weighted by molar-refractivity contribution is 5.54. The zero-order valence-electron chi connectivity index (χ0n) is 8.33. The minimum Gasteiger partial charge on any atom is -0.480 e. The Kier molecular flexibility index (Phi) is 2.15. The van der Waals surface area contributed by atoms with Gasteiger partial charge in [-0.1, -0.05) is 0 Å². The molecule has 5 nitrogen and oxygen atoms in total. The molecular weight excluding hydrogens is 182 g/mol. The highest BCUT2D eigenvalue weighted by Gasteiger charge is 2.19. The van der Waals surface area contributed by atoms with Crippen LogP contribution in [0.4, 0.5) is 5.69 Å². The van der Waals surface area contributed by atoms with Crippen molar-refractivity contribution in [2.75, 3.05) is 19.0 Å². The highest BCUT2D eigenvalue weighted by atomic mass is 16.5. The Morgan fingerprint density at radius 2 is 2.36 bits per heavy atom. The number of nitrogens with zero attached hydrogens (tertiary/aromatic N) is 2. The molecule has 0 aromatic carbocycles. The SMILES string of the molecule is COc1nn(C)c(=O)c2c1CCCN2. The number of anilines is 1. The Morgan fingerprint density at radius 3 is 3.07 bits per heavy atom. The van der Waals surface area contributed by atoms with Gasteiger partial charge in [0.05, 0.1) is 7.11 Å². The molecule has 0 saturated heterocycles. The van der Waals surface area contributed by atoms with Crippen molar-refractivity contribution in [3.8, 4) is 5.88 Å². The molecule has 1 aromatic heterocycles. The van der Waals surface area contributed by atoms with E-state index in [1.165, 1.54) is 4.68 Å². The lowest BCUT2D eigenvalue weighted by Gasteiger charge is -2.19. The largest absolute Gasteiger partial charge is 0.480 e. The Hall–Kier alpha value is -1.52. The topological polar surface area (TPSA) is 56.2 Å². The third kappa shape index (κ3) is 1.25. The normalized spacial score (nSPS) is 14.4. The lowest BCUT2D eigenvalue weighted by atomic mass is 10.1. The monoisotopic (exact) mass is 195 g/mol. The van der Waals surface area contributed by atoms with E-state index >= 15 is 0 Å². The van der Waals surface area contributed by atoms with Crippen LogP contribution in [0.2, 0.25) is 0 Å². The summed E-state index contributed by atoms with van der Waals surface area (Å²) >= 11 is 0. The summed E-state index contributed by atoms with van der Waals surface area (Å²) < 4.78 is 6.44. The van der Waals surface area contributed by atoms with Gasteiger partial charge in [0.1, 0.15) is 5.69 Å². The van der Waals surface area contributed by atoms with Crippen LogP contribution in [0, 0.1) is 0 Å². The van der Waals surface area contributed by atoms with Crippen LogP contribution in [0.5, 0.6) is 5.88 Å². The van der Waals surface area contributed by atoms with Crippen molar-refractivity contribution >= 4 is 5.69 Å². The van der Waals surface area contributed by atoms with Crippen molar-refractivity contribution in [1.29, 1.82) is 0 Å². The summed E-state index contributed by atoms with van der Waals surface area (Å²) in [6.07, 6.45) is 1.87. The lowest BCUT2D eigenvalue weighted by Crippen LogP contribution is -2.28. The van der Waals surface area contributed by atoms with Crippen LogP contribution in [-0.4, -0.2) is 23.4 Å². The molecule has 76 valence electrons. The number of methoxy groups -OCH3 is 1. The zero-order chi connectivity index (χ0) is 10.1. The van der Waals surface area contributed by atoms with Crippen LogP contribution >= 0.6 is 0 Å². The van der Waals surface area contributed by atoms with Gasteiger partial charge in [0, 0.05) is 19.2 Å². The summed E-state index contributed by atoms with van der Waals surface area (Å²) in [6.45, 7) is 0.843. The van der Waals surface area contributed by atoms with Gasteiger partial charge in [-0.3, -0.25) is 4.79 Å². The van der Waals surface area contributed by atoms with Gasteiger partial charge < -0.3 is 10.1 Å². The first-order valence-corrected chi connectivity index (χ1v) is 4.62. The standard InChI is InChI=1S/C9H13N3O2/c1-12-9(13)7-6(4-3-5-10-7)8(11-12)14-2/h10H,3-5H2,1-2H3. The molecule has 0 spiro atoms. The van der Waals surface area contributed by atoms with E-state index in [4.69, 9.17) is 4.74 Å². The Morgan fingerprint density at radius 1 is 1.57 bits per heavy atom. The molecule has 1 aliphatic heterocycles. The van der Waals surface area contributed by atoms with Gasteiger partial charge in [-0.15, -0.1) is 5.10 Å². The fraction of sp³-hybridized carbons (Fsp3) is 0.556. The summed E-state index contributed by atoms with van der Waals surface area (Å²) in [7, 11) is 3.20. The third-order valence-corrected chi connectivity index (χ3v) is 2.41. The van der Waals surface area contributed by atoms with E-state index in [0.29, 0.717) is 11.6 Å². The van der Waals surface area contributed by atoms with Gasteiger partial charge >= 0.3 is 0 Å². The molecule has 0 amide bonds. The second kappa shape index (κ2) is 3.32. The van der Waals surface area contributed by atoms with E-state index in [1.54, 1.807) is 14.2 Å². The summed E-state index contributed by atoms with van der Waals surface area (Å²) in [6, 6.07) is 0. The average Bonchev–Trinajstić information content (AvgIpc) is 2.23. The Balaban J connectivity index is 2.66. The first-order valence-electron chi connectivity index (χ1n) is 4.62. The second-order valence-corrected chi connectivity index (χ2v) is 3.32. The molecule has 5 heteroatoms. The van der Waals surface area contributed by atoms with E-state index in [1.807, 2.05) is 0 Å². The van der Waals surface area contributed by atoms with Crippen LogP contribution in [0.1, 0.15) is 12.0 Å². The number of rotatable bonds is 1. The molecule has 14 heavy (non-hydrogen) atoms. The summed E-state index contributed by atoms with van der Waals surface area (Å²) in [4.78, 5) is 11.7. The van der Waals surface area contributed by atoms with Gasteiger partial charge in [-0.2, -0.15) is 0 Å². The quantitative estimate of drug-likeness (QED) is 0.693. The van der Waals surface area contributed by atoms with Crippen LogP contribution < -0.4 is 15.6 Å². The molecule has 0 fully saturated rings. The molecule has 0 atom stereocenters. The molecule has 0 unspecified atom stereocenters. The highest BCUT2D eigenvalue weighted by Crippen LogP contribution is 2.24. The molecular formula is C9H13N3O2. The first-order chi connectivity index (χ1) is 6.74. The Labute approximate surface area is 81.7 Å². The van der Waals surface area contributed by atoms with Crippen molar-refractivity contribution < 1.29 is 4.74 Å². The van der Waals surface area contributed by atoms with Crippen LogP contribution in [0.15, 0.2) is 4.79 Å². The van der Waals surface area contributed by atoms with Crippen molar-refractivity contribution in [2.45, 2.75) is 12.8 Å². The van der Waals surface area contributed by atoms with Gasteiger partial charge in [0.25, 0.3) is 5.56 Å². The molecule has 0 saturated carbocycles. The summed E-state index contributed by atoms with van der Waals surface area (Å²) in [5, 5.41) is 7.14. The smallest absolute Gasteiger partial charge is 0.290 e. The van der Waals surface area contributed by atoms with Crippen molar-refractivity contribution in [3.05, 3.63) is 15.9 Å². The Bertz CT molecular complexity index is 411. The maximum Gasteiger partial charge on any atom is 0.290 e. The number of ether oxygens (including phenoxy) is 1. The summed E-state index contributed by atoms with van der Waals surface area (Å²) in [5.74, 6) is 0.550. The summed E-state index contributed by atoms with van der Waals surface area (Å²) in [5.41, 5.74) is 1.47. The van der Waals surface area contributed by atoms with Crippen molar-refractivity contribution in [3.63, 3.8) is 0 Å². The maximum absolute atomic E-state index is 11.7. The van der Waals surface area contributed by atoms with Crippen LogP contribution in [0.3, 0.4) is 0 Å². The average molecular weight is 195 g/mol. The van der Waals surface area contributed by atoms with Crippen LogP contribution in [-0.2, 0) is 13.5 Å². The molecule has 1 N–H and O–H groups in total. The van der Waals surface area contributed by atoms with Gasteiger partial charge in [-0.25, -0.2) is 4.68 Å². The number of fused-ring (bicyclic) bond motifs is 1. The third-order valence-electron chi connectivity index (χ3n) is 2.41. The van der Waals surface area contributed by atoms with Gasteiger partial charge in [-0.05, 0) is 12.8 Å². The maximum atomic E-state index is 11.7. The fourth-order valence-electron chi connectivity index (χ4n) is 1.70. The molecule has 1 aliphatic rings. The predicted molar refractivity (Wildman–Crippen MR) is 52.8 cm³/mol. The van der Waals surface area contributed by atoms with E-state index in [9.17, 15) is 4.79 Å². The molecule has 0 bridgehead atoms. The first kappa shape index (κ1) is 9.05. The molecule has 2 rings (SSSR count). The van der Waals surface area contributed by atoms with Gasteiger partial charge in [0.15, 0.2) is 0 Å². The fourth-order valence-corrected chi connectivity index (χ4v) is 1.70. The minimum absolute atomic E-state index is 0.0829. The number of nitrogens with one attached hydrogen (secondary N) is 1. The van der Waals surface area contributed by atoms with Crippen molar-refractivity contribution in [2.24, 2.45) is 7.05 Å². The second-order valence-electron chi connectivity index (χ2n) is 3.32. The van der Waals surface area contributed by atoms with E-state index < -0.39 is 0 Å². The van der Waals surface area contributed by atoms with E-state index in [-0.39, 0.29) is 5.56 Å². The van der Waals surface area contributed by atoms with E-state index in [0.717, 1.165) is 24.9 Å². The van der Waals surface area contributed by atoms with E-state index in [2.05, 4.69) is 10.4 Å². The zero-order valence-corrected chi connectivity index (χ0v) is 8.33. The van der Waals surface area contributed by atoms with Crippen molar-refractivity contribution in [1.82, 2.24) is 9.78 Å². The van der Waals surface area contributed by atoms with Crippen LogP contribution in [0.25, 0.3) is 0 Å².